The Bertz CT molecular complexity index is 533. The minimum absolute atomic E-state index is 0.0695. The molecule has 0 aromatic heterocycles. The zero-order valence-electron chi connectivity index (χ0n) is 12.2. The standard InChI is InChI=1S/C15H20FN3O3/c16-11-2-1-3-12(8-11)19-13(20)9-18-15(21)14(17)10-4-6-22-7-5-10/h1-3,8,10,14H,4-7,9,17H2,(H,18,21)(H,19,20). The molecule has 1 saturated heterocycles. The molecule has 0 saturated carbocycles. The van der Waals surface area contributed by atoms with Crippen molar-refractivity contribution in [2.45, 2.75) is 18.9 Å². The van der Waals surface area contributed by atoms with Crippen LogP contribution in [-0.4, -0.2) is 37.6 Å². The summed E-state index contributed by atoms with van der Waals surface area (Å²) in [6.45, 7) is 1.00. The Kier molecular flexibility index (Phi) is 5.85. The number of hydrogen-bond donors (Lipinski definition) is 3. The van der Waals surface area contributed by atoms with E-state index < -0.39 is 17.8 Å². The number of nitrogens with two attached hydrogens (primary N) is 1. The molecule has 22 heavy (non-hydrogen) atoms. The van der Waals surface area contributed by atoms with Crippen LogP contribution in [0.4, 0.5) is 10.1 Å². The van der Waals surface area contributed by atoms with Gasteiger partial charge in [-0.2, -0.15) is 0 Å². The summed E-state index contributed by atoms with van der Waals surface area (Å²) in [6, 6.07) is 4.89. The van der Waals surface area contributed by atoms with E-state index >= 15 is 0 Å². The molecule has 1 aliphatic heterocycles. The first-order chi connectivity index (χ1) is 10.6. The molecule has 1 aliphatic rings. The van der Waals surface area contributed by atoms with Crippen molar-refractivity contribution < 1.29 is 18.7 Å². The van der Waals surface area contributed by atoms with Crippen LogP contribution in [0.5, 0.6) is 0 Å². The Labute approximate surface area is 128 Å². The van der Waals surface area contributed by atoms with E-state index in [-0.39, 0.29) is 18.4 Å². The van der Waals surface area contributed by atoms with Gasteiger partial charge in [-0.15, -0.1) is 0 Å². The monoisotopic (exact) mass is 309 g/mol. The molecule has 7 heteroatoms. The van der Waals surface area contributed by atoms with Crippen LogP contribution in [0, 0.1) is 11.7 Å². The van der Waals surface area contributed by atoms with Gasteiger partial charge < -0.3 is 21.1 Å². The lowest BCUT2D eigenvalue weighted by atomic mass is 9.92. The molecule has 1 unspecified atom stereocenters. The normalized spacial score (nSPS) is 16.8. The summed E-state index contributed by atoms with van der Waals surface area (Å²) in [6.07, 6.45) is 1.48. The number of anilines is 1. The van der Waals surface area contributed by atoms with Crippen LogP contribution in [-0.2, 0) is 14.3 Å². The highest BCUT2D eigenvalue weighted by atomic mass is 19.1. The first kappa shape index (κ1) is 16.4. The predicted molar refractivity (Wildman–Crippen MR) is 79.6 cm³/mol. The van der Waals surface area contributed by atoms with E-state index in [1.165, 1.54) is 18.2 Å². The molecule has 0 radical (unpaired) electrons. The van der Waals surface area contributed by atoms with Gasteiger partial charge in [0.2, 0.25) is 11.8 Å². The van der Waals surface area contributed by atoms with Crippen LogP contribution in [0.3, 0.4) is 0 Å². The molecule has 4 N–H and O–H groups in total. The summed E-state index contributed by atoms with van der Waals surface area (Å²) in [4.78, 5) is 23.7. The lowest BCUT2D eigenvalue weighted by Crippen LogP contribution is -2.48. The molecule has 1 fully saturated rings. The summed E-state index contributed by atoms with van der Waals surface area (Å²) >= 11 is 0. The fourth-order valence-corrected chi connectivity index (χ4v) is 2.35. The molecular formula is C15H20FN3O3. The van der Waals surface area contributed by atoms with Crippen LogP contribution >= 0.6 is 0 Å². The van der Waals surface area contributed by atoms with Gasteiger partial charge >= 0.3 is 0 Å². The zero-order valence-corrected chi connectivity index (χ0v) is 12.2. The van der Waals surface area contributed by atoms with Gasteiger partial charge in [-0.3, -0.25) is 9.59 Å². The Hall–Kier alpha value is -1.99. The average Bonchev–Trinajstić information content (AvgIpc) is 2.52. The fourth-order valence-electron chi connectivity index (χ4n) is 2.35. The third-order valence-corrected chi connectivity index (χ3v) is 3.61. The summed E-state index contributed by atoms with van der Waals surface area (Å²) in [7, 11) is 0. The van der Waals surface area contributed by atoms with Crippen LogP contribution in [0.25, 0.3) is 0 Å². The SMILES string of the molecule is NC(C(=O)NCC(=O)Nc1cccc(F)c1)C1CCOCC1. The number of amides is 2. The smallest absolute Gasteiger partial charge is 0.243 e. The lowest BCUT2D eigenvalue weighted by molar-refractivity contribution is -0.126. The largest absolute Gasteiger partial charge is 0.381 e. The molecule has 1 aromatic carbocycles. The highest BCUT2D eigenvalue weighted by Crippen LogP contribution is 2.17. The van der Waals surface area contributed by atoms with Gasteiger partial charge in [0.25, 0.3) is 0 Å². The van der Waals surface area contributed by atoms with E-state index in [1.807, 2.05) is 0 Å². The number of benzene rings is 1. The van der Waals surface area contributed by atoms with Crippen molar-refractivity contribution in [2.75, 3.05) is 25.1 Å². The van der Waals surface area contributed by atoms with Gasteiger partial charge in [-0.05, 0) is 37.0 Å². The molecule has 6 nitrogen and oxygen atoms in total. The summed E-state index contributed by atoms with van der Waals surface area (Å²) in [5.74, 6) is -1.16. The molecule has 2 rings (SSSR count). The first-order valence-electron chi connectivity index (χ1n) is 7.22. The van der Waals surface area contributed by atoms with Crippen molar-refractivity contribution in [1.82, 2.24) is 5.32 Å². The number of ether oxygens (including phenoxy) is 1. The Morgan fingerprint density at radius 3 is 2.77 bits per heavy atom. The molecule has 0 bridgehead atoms. The first-order valence-corrected chi connectivity index (χ1v) is 7.22. The summed E-state index contributed by atoms with van der Waals surface area (Å²) in [5.41, 5.74) is 6.24. The predicted octanol–water partition coefficient (Wildman–Crippen LogP) is 0.634. The van der Waals surface area contributed by atoms with E-state index in [2.05, 4.69) is 10.6 Å². The average molecular weight is 309 g/mol. The number of nitrogens with one attached hydrogen (secondary N) is 2. The molecule has 2 amide bonds. The maximum atomic E-state index is 13.0. The number of hydrogen-bond acceptors (Lipinski definition) is 4. The number of halogens is 1. The van der Waals surface area contributed by atoms with Crippen LogP contribution in [0.1, 0.15) is 12.8 Å². The quantitative estimate of drug-likeness (QED) is 0.744. The number of carbonyl (C=O) groups excluding carboxylic acids is 2. The van der Waals surface area contributed by atoms with Gasteiger partial charge in [0.15, 0.2) is 0 Å². The lowest BCUT2D eigenvalue weighted by Gasteiger charge is -2.26. The molecule has 1 atom stereocenters. The summed E-state index contributed by atoms with van der Waals surface area (Å²) in [5, 5.41) is 5.01. The van der Waals surface area contributed by atoms with Gasteiger partial charge in [0, 0.05) is 18.9 Å². The van der Waals surface area contributed by atoms with Crippen molar-refractivity contribution >= 4 is 17.5 Å². The van der Waals surface area contributed by atoms with Crippen LogP contribution in [0.2, 0.25) is 0 Å². The Morgan fingerprint density at radius 1 is 1.36 bits per heavy atom. The number of carbonyl (C=O) groups is 2. The molecular weight excluding hydrogens is 289 g/mol. The highest BCUT2D eigenvalue weighted by molar-refractivity contribution is 5.95. The van der Waals surface area contributed by atoms with Gasteiger partial charge in [0.05, 0.1) is 12.6 Å². The van der Waals surface area contributed by atoms with Gasteiger partial charge in [-0.25, -0.2) is 4.39 Å². The fraction of sp³-hybridized carbons (Fsp3) is 0.467. The van der Waals surface area contributed by atoms with Crippen molar-refractivity contribution in [2.24, 2.45) is 11.7 Å². The van der Waals surface area contributed by atoms with Crippen LogP contribution in [0.15, 0.2) is 24.3 Å². The second-order valence-electron chi connectivity index (χ2n) is 5.25. The van der Waals surface area contributed by atoms with Crippen molar-refractivity contribution in [3.63, 3.8) is 0 Å². The van der Waals surface area contributed by atoms with Crippen LogP contribution < -0.4 is 16.4 Å². The molecule has 0 aliphatic carbocycles. The van der Waals surface area contributed by atoms with E-state index in [0.29, 0.717) is 18.9 Å². The third kappa shape index (κ3) is 4.78. The van der Waals surface area contributed by atoms with Crippen molar-refractivity contribution in [1.29, 1.82) is 0 Å². The van der Waals surface area contributed by atoms with E-state index in [9.17, 15) is 14.0 Å². The molecule has 1 aromatic rings. The molecule has 120 valence electrons. The topological polar surface area (TPSA) is 93.5 Å². The van der Waals surface area contributed by atoms with Crippen molar-refractivity contribution in [3.8, 4) is 0 Å². The Balaban J connectivity index is 1.76. The van der Waals surface area contributed by atoms with Crippen molar-refractivity contribution in [3.05, 3.63) is 30.1 Å². The molecule has 1 heterocycles. The number of rotatable bonds is 5. The Morgan fingerprint density at radius 2 is 2.09 bits per heavy atom. The van der Waals surface area contributed by atoms with E-state index in [1.54, 1.807) is 6.07 Å². The second kappa shape index (κ2) is 7.86. The van der Waals surface area contributed by atoms with E-state index in [0.717, 1.165) is 12.8 Å². The second-order valence-corrected chi connectivity index (χ2v) is 5.25. The minimum Gasteiger partial charge on any atom is -0.381 e. The van der Waals surface area contributed by atoms with Gasteiger partial charge in [-0.1, -0.05) is 6.07 Å². The summed E-state index contributed by atoms with van der Waals surface area (Å²) < 4.78 is 18.2. The molecule has 0 spiro atoms. The maximum Gasteiger partial charge on any atom is 0.243 e. The van der Waals surface area contributed by atoms with Gasteiger partial charge in [0.1, 0.15) is 5.82 Å². The van der Waals surface area contributed by atoms with E-state index in [4.69, 9.17) is 10.5 Å². The highest BCUT2D eigenvalue weighted by Gasteiger charge is 2.26. The minimum atomic E-state index is -0.647. The maximum absolute atomic E-state index is 13.0. The third-order valence-electron chi connectivity index (χ3n) is 3.61. The zero-order chi connectivity index (χ0) is 15.9.